The molecule has 0 aromatic rings. The van der Waals surface area contributed by atoms with Gasteiger partial charge in [0.05, 0.1) is 0 Å². The number of dihydropyridines is 1. The zero-order chi connectivity index (χ0) is 6.69. The summed E-state index contributed by atoms with van der Waals surface area (Å²) < 4.78 is 0. The average molecular weight is 164 g/mol. The molecule has 1 atom stereocenters. The lowest BCUT2D eigenvalue weighted by molar-refractivity contribution is 0.889. The van der Waals surface area contributed by atoms with Crippen LogP contribution in [0.4, 0.5) is 0 Å². The van der Waals surface area contributed by atoms with Crippen molar-refractivity contribution < 1.29 is 0 Å². The number of halogens is 2. The summed E-state index contributed by atoms with van der Waals surface area (Å²) in [4.78, 5) is 0. The highest BCUT2D eigenvalue weighted by Gasteiger charge is 2.00. The Labute approximate surface area is 64.3 Å². The van der Waals surface area contributed by atoms with Gasteiger partial charge in [0, 0.05) is 12.1 Å². The monoisotopic (exact) mass is 163 g/mol. The number of alkyl halides is 2. The third-order valence-electron chi connectivity index (χ3n) is 1.06. The van der Waals surface area contributed by atoms with Gasteiger partial charge >= 0.3 is 0 Å². The summed E-state index contributed by atoms with van der Waals surface area (Å²) in [6, 6.07) is 0. The molecule has 1 unspecified atom stereocenters. The van der Waals surface area contributed by atoms with Crippen LogP contribution in [0, 0.1) is 0 Å². The molecule has 0 spiro atoms. The first-order valence-electron chi connectivity index (χ1n) is 2.66. The number of hydrogen-bond donors (Lipinski definition) is 1. The highest BCUT2D eigenvalue weighted by atomic mass is 35.5. The SMILES string of the molecule is ClCC1=CNC(Cl)C=C1. The first-order valence-corrected chi connectivity index (χ1v) is 3.63. The Bertz CT molecular complexity index is 151. The zero-order valence-electron chi connectivity index (χ0n) is 4.77. The lowest BCUT2D eigenvalue weighted by atomic mass is 10.2. The summed E-state index contributed by atoms with van der Waals surface area (Å²) in [5, 5.41) is 2.92. The van der Waals surface area contributed by atoms with E-state index in [4.69, 9.17) is 23.2 Å². The number of rotatable bonds is 1. The van der Waals surface area contributed by atoms with Gasteiger partial charge in [0.25, 0.3) is 0 Å². The number of nitrogens with one attached hydrogen (secondary N) is 1. The lowest BCUT2D eigenvalue weighted by Crippen LogP contribution is -2.18. The molecule has 0 aromatic heterocycles. The van der Waals surface area contributed by atoms with Crippen molar-refractivity contribution in [2.24, 2.45) is 0 Å². The van der Waals surface area contributed by atoms with Gasteiger partial charge in [-0.1, -0.05) is 17.7 Å². The predicted molar refractivity (Wildman–Crippen MR) is 40.7 cm³/mol. The molecule has 3 heteroatoms. The van der Waals surface area contributed by atoms with Gasteiger partial charge in [-0.3, -0.25) is 0 Å². The molecule has 0 aliphatic carbocycles. The van der Waals surface area contributed by atoms with Crippen molar-refractivity contribution >= 4 is 23.2 Å². The Morgan fingerprint density at radius 2 is 2.44 bits per heavy atom. The highest BCUT2D eigenvalue weighted by molar-refractivity contribution is 6.22. The zero-order valence-corrected chi connectivity index (χ0v) is 6.28. The summed E-state index contributed by atoms with van der Waals surface area (Å²) in [6.07, 6.45) is 5.60. The summed E-state index contributed by atoms with van der Waals surface area (Å²) in [6.45, 7) is 0. The van der Waals surface area contributed by atoms with Crippen LogP contribution in [0.2, 0.25) is 0 Å². The van der Waals surface area contributed by atoms with Crippen LogP contribution in [-0.2, 0) is 0 Å². The summed E-state index contributed by atoms with van der Waals surface area (Å²) in [7, 11) is 0. The molecule has 1 N–H and O–H groups in total. The maximum absolute atomic E-state index is 5.65. The molecule has 0 saturated carbocycles. The smallest absolute Gasteiger partial charge is 0.120 e. The number of hydrogen-bond acceptors (Lipinski definition) is 1. The van der Waals surface area contributed by atoms with Gasteiger partial charge in [-0.25, -0.2) is 0 Å². The van der Waals surface area contributed by atoms with Gasteiger partial charge in [-0.15, -0.1) is 11.6 Å². The first kappa shape index (κ1) is 6.97. The van der Waals surface area contributed by atoms with Crippen LogP contribution in [-0.4, -0.2) is 11.4 Å². The van der Waals surface area contributed by atoms with Crippen LogP contribution in [0.3, 0.4) is 0 Å². The van der Waals surface area contributed by atoms with E-state index in [1.165, 1.54) is 0 Å². The molecule has 0 bridgehead atoms. The van der Waals surface area contributed by atoms with E-state index in [-0.39, 0.29) is 5.50 Å². The molecule has 0 aromatic carbocycles. The van der Waals surface area contributed by atoms with Crippen LogP contribution in [0.15, 0.2) is 23.9 Å². The second kappa shape index (κ2) is 3.14. The van der Waals surface area contributed by atoms with Crippen molar-refractivity contribution in [2.45, 2.75) is 5.50 Å². The molecule has 1 heterocycles. The average Bonchev–Trinajstić information content (AvgIpc) is 1.90. The van der Waals surface area contributed by atoms with Crippen LogP contribution < -0.4 is 5.32 Å². The third-order valence-corrected chi connectivity index (χ3v) is 1.64. The fourth-order valence-corrected chi connectivity index (χ4v) is 0.883. The van der Waals surface area contributed by atoms with Gasteiger partial charge in [-0.05, 0) is 11.6 Å². The van der Waals surface area contributed by atoms with Gasteiger partial charge in [0.1, 0.15) is 5.50 Å². The van der Waals surface area contributed by atoms with Gasteiger partial charge in [0.15, 0.2) is 0 Å². The molecule has 50 valence electrons. The van der Waals surface area contributed by atoms with E-state index in [1.54, 1.807) is 0 Å². The molecule has 0 amide bonds. The summed E-state index contributed by atoms with van der Waals surface area (Å²) in [5.41, 5.74) is 0.991. The topological polar surface area (TPSA) is 12.0 Å². The Morgan fingerprint density at radius 1 is 1.67 bits per heavy atom. The first-order chi connectivity index (χ1) is 4.33. The second-order valence-electron chi connectivity index (χ2n) is 1.78. The van der Waals surface area contributed by atoms with Gasteiger partial charge < -0.3 is 5.32 Å². The Hall–Kier alpha value is -0.140. The highest BCUT2D eigenvalue weighted by Crippen LogP contribution is 2.07. The van der Waals surface area contributed by atoms with E-state index in [0.717, 1.165) is 5.57 Å². The number of allylic oxidation sites excluding steroid dienone is 2. The normalized spacial score (nSPS) is 25.1. The molecule has 1 rings (SSSR count). The van der Waals surface area contributed by atoms with Crippen LogP contribution in [0.5, 0.6) is 0 Å². The van der Waals surface area contributed by atoms with E-state index in [9.17, 15) is 0 Å². The second-order valence-corrected chi connectivity index (χ2v) is 2.52. The fourth-order valence-electron chi connectivity index (χ4n) is 0.582. The third kappa shape index (κ3) is 1.92. The van der Waals surface area contributed by atoms with Crippen molar-refractivity contribution in [2.75, 3.05) is 5.88 Å². The summed E-state index contributed by atoms with van der Waals surface area (Å²) >= 11 is 11.2. The fraction of sp³-hybridized carbons (Fsp3) is 0.333. The minimum atomic E-state index is -0.0723. The quantitative estimate of drug-likeness (QED) is 0.460. The molecule has 0 fully saturated rings. The van der Waals surface area contributed by atoms with E-state index < -0.39 is 0 Å². The van der Waals surface area contributed by atoms with E-state index >= 15 is 0 Å². The molecular formula is C6H7Cl2N. The van der Waals surface area contributed by atoms with E-state index in [1.807, 2.05) is 18.4 Å². The minimum absolute atomic E-state index is 0.0723. The molecule has 1 nitrogen and oxygen atoms in total. The van der Waals surface area contributed by atoms with Crippen molar-refractivity contribution in [1.82, 2.24) is 5.32 Å². The largest absolute Gasteiger partial charge is 0.372 e. The van der Waals surface area contributed by atoms with Crippen molar-refractivity contribution in [3.8, 4) is 0 Å². The van der Waals surface area contributed by atoms with Crippen LogP contribution in [0.1, 0.15) is 0 Å². The van der Waals surface area contributed by atoms with Crippen molar-refractivity contribution in [3.05, 3.63) is 23.9 Å². The molecule has 0 saturated heterocycles. The standard InChI is InChI=1S/C6H7Cl2N/c7-3-5-1-2-6(8)9-4-5/h1-2,4,6,9H,3H2. The van der Waals surface area contributed by atoms with Crippen molar-refractivity contribution in [3.63, 3.8) is 0 Å². The molecule has 0 radical (unpaired) electrons. The maximum atomic E-state index is 5.65. The Kier molecular flexibility index (Phi) is 2.43. The lowest BCUT2D eigenvalue weighted by Gasteiger charge is -2.10. The summed E-state index contributed by atoms with van der Waals surface area (Å²) in [5.74, 6) is 0.535. The van der Waals surface area contributed by atoms with E-state index in [0.29, 0.717) is 5.88 Å². The Balaban J connectivity index is 2.52. The molecule has 9 heavy (non-hydrogen) atoms. The maximum Gasteiger partial charge on any atom is 0.120 e. The predicted octanol–water partition coefficient (Wildman–Crippen LogP) is 1.83. The van der Waals surface area contributed by atoms with Crippen LogP contribution >= 0.6 is 23.2 Å². The van der Waals surface area contributed by atoms with E-state index in [2.05, 4.69) is 5.32 Å². The molecule has 1 aliphatic heterocycles. The Morgan fingerprint density at radius 3 is 2.89 bits per heavy atom. The van der Waals surface area contributed by atoms with Gasteiger partial charge in [0.2, 0.25) is 0 Å². The molecular weight excluding hydrogens is 157 g/mol. The van der Waals surface area contributed by atoms with Crippen molar-refractivity contribution in [1.29, 1.82) is 0 Å². The molecule has 1 aliphatic rings. The van der Waals surface area contributed by atoms with Crippen LogP contribution in [0.25, 0.3) is 0 Å². The minimum Gasteiger partial charge on any atom is -0.372 e. The van der Waals surface area contributed by atoms with Gasteiger partial charge in [-0.2, -0.15) is 0 Å².